The Labute approximate surface area is 191 Å². The van der Waals surface area contributed by atoms with Gasteiger partial charge < -0.3 is 37.2 Å². The molecule has 1 aliphatic carbocycles. The van der Waals surface area contributed by atoms with Gasteiger partial charge in [0.2, 0.25) is 0 Å². The van der Waals surface area contributed by atoms with E-state index < -0.39 is 0 Å². The molecule has 0 atom stereocenters. The second-order valence-corrected chi connectivity index (χ2v) is 5.94. The molecule has 2 aromatic rings. The molecule has 3 rings (SSSR count). The van der Waals surface area contributed by atoms with Gasteiger partial charge in [0, 0.05) is 5.92 Å². The number of hydrogen-bond donors (Lipinski definition) is 0. The summed E-state index contributed by atoms with van der Waals surface area (Å²) in [5.41, 5.74) is 5.53. The van der Waals surface area contributed by atoms with Gasteiger partial charge in [-0.15, -0.1) is 0 Å². The number of allylic oxidation sites excluding steroid dienone is 4. The van der Waals surface area contributed by atoms with E-state index in [4.69, 9.17) is 0 Å². The maximum Gasteiger partial charge on any atom is 4.00 e. The van der Waals surface area contributed by atoms with E-state index in [1.165, 1.54) is 35.1 Å². The first-order valence-electron chi connectivity index (χ1n) is 8.30. The third-order valence-electron chi connectivity index (χ3n) is 4.30. The monoisotopic (exact) mass is 440 g/mol. The molecule has 0 saturated heterocycles. The van der Waals surface area contributed by atoms with Crippen molar-refractivity contribution in [2.24, 2.45) is 0 Å². The first-order chi connectivity index (χ1) is 10.9. The molecule has 0 nitrogen and oxygen atoms in total. The SMILES string of the molecule is CCCCC1=CCC(C(c2ccccc2)c2ccccc2)=[C-]1.[Cl-].[Cl-].[Cl-].[Ti+4]. The van der Waals surface area contributed by atoms with Gasteiger partial charge >= 0.3 is 21.7 Å². The van der Waals surface area contributed by atoms with Gasteiger partial charge in [-0.2, -0.15) is 5.57 Å². The normalized spacial score (nSPS) is 11.9. The summed E-state index contributed by atoms with van der Waals surface area (Å²) in [6.07, 6.45) is 10.8. The number of halogens is 3. The van der Waals surface area contributed by atoms with E-state index in [9.17, 15) is 0 Å². The summed E-state index contributed by atoms with van der Waals surface area (Å²) >= 11 is 0. The van der Waals surface area contributed by atoms with Crippen LogP contribution in [0.15, 0.2) is 77.9 Å². The summed E-state index contributed by atoms with van der Waals surface area (Å²) in [6.45, 7) is 2.25. The molecule has 0 fully saturated rings. The van der Waals surface area contributed by atoms with E-state index in [1.54, 1.807) is 0 Å². The van der Waals surface area contributed by atoms with E-state index in [1.807, 2.05) is 0 Å². The topological polar surface area (TPSA) is 0 Å². The van der Waals surface area contributed by atoms with E-state index >= 15 is 0 Å². The summed E-state index contributed by atoms with van der Waals surface area (Å²) in [5.74, 6) is 0.331. The molecule has 136 valence electrons. The quantitative estimate of drug-likeness (QED) is 0.333. The fraction of sp³-hybridized carbons (Fsp3) is 0.273. The van der Waals surface area contributed by atoms with Gasteiger partial charge in [-0.25, -0.2) is 17.7 Å². The number of rotatable bonds is 6. The Hall–Kier alpha value is -0.496. The Balaban J connectivity index is 0. The van der Waals surface area contributed by atoms with Gasteiger partial charge in [0.1, 0.15) is 0 Å². The smallest absolute Gasteiger partial charge is 1.00 e. The van der Waals surface area contributed by atoms with Crippen molar-refractivity contribution in [2.75, 3.05) is 0 Å². The van der Waals surface area contributed by atoms with E-state index in [-0.39, 0.29) is 58.9 Å². The molecule has 0 unspecified atom stereocenters. The minimum absolute atomic E-state index is 0. The third-order valence-corrected chi connectivity index (χ3v) is 4.30. The Morgan fingerprint density at radius 2 is 1.35 bits per heavy atom. The van der Waals surface area contributed by atoms with Crippen LogP contribution in [0.2, 0.25) is 0 Å². The van der Waals surface area contributed by atoms with Crippen LogP contribution in [0.4, 0.5) is 0 Å². The molecule has 0 N–H and O–H groups in total. The maximum absolute atomic E-state index is 3.70. The zero-order valence-corrected chi connectivity index (χ0v) is 18.7. The number of hydrogen-bond acceptors (Lipinski definition) is 0. The van der Waals surface area contributed by atoms with Crippen molar-refractivity contribution in [3.63, 3.8) is 0 Å². The van der Waals surface area contributed by atoms with Gasteiger partial charge in [-0.3, -0.25) is 0 Å². The van der Waals surface area contributed by atoms with Crippen LogP contribution in [-0.2, 0) is 21.7 Å². The first kappa shape index (κ1) is 27.7. The molecule has 0 amide bonds. The van der Waals surface area contributed by atoms with Crippen molar-refractivity contribution >= 4 is 0 Å². The fourth-order valence-electron chi connectivity index (χ4n) is 3.15. The van der Waals surface area contributed by atoms with Gasteiger partial charge in [0.15, 0.2) is 0 Å². The number of benzene rings is 2. The first-order valence-corrected chi connectivity index (χ1v) is 8.30. The van der Waals surface area contributed by atoms with E-state index in [0.29, 0.717) is 5.92 Å². The average molecular weight is 442 g/mol. The number of unbranched alkanes of at least 4 members (excludes halogenated alkanes) is 1. The predicted molar refractivity (Wildman–Crippen MR) is 93.7 cm³/mol. The van der Waals surface area contributed by atoms with Crippen molar-refractivity contribution in [1.82, 2.24) is 0 Å². The molecule has 0 radical (unpaired) electrons. The Morgan fingerprint density at radius 1 is 0.846 bits per heavy atom. The van der Waals surface area contributed by atoms with Gasteiger partial charge in [-0.1, -0.05) is 93.3 Å². The Bertz CT molecular complexity index is 627. The van der Waals surface area contributed by atoms with Crippen molar-refractivity contribution < 1.29 is 58.9 Å². The van der Waals surface area contributed by atoms with Crippen LogP contribution >= 0.6 is 0 Å². The summed E-state index contributed by atoms with van der Waals surface area (Å²) in [5, 5.41) is 0. The molecule has 0 saturated carbocycles. The Morgan fingerprint density at radius 3 is 1.81 bits per heavy atom. The minimum atomic E-state index is 0. The molecule has 0 bridgehead atoms. The van der Waals surface area contributed by atoms with Crippen molar-refractivity contribution in [2.45, 2.75) is 38.5 Å². The van der Waals surface area contributed by atoms with Crippen LogP contribution in [0.3, 0.4) is 0 Å². The van der Waals surface area contributed by atoms with Crippen molar-refractivity contribution in [3.8, 4) is 0 Å². The van der Waals surface area contributed by atoms with Crippen LogP contribution in [0.25, 0.3) is 0 Å². The molecule has 2 aromatic carbocycles. The summed E-state index contributed by atoms with van der Waals surface area (Å²) < 4.78 is 0. The average Bonchev–Trinajstić information content (AvgIpc) is 3.04. The van der Waals surface area contributed by atoms with Crippen molar-refractivity contribution in [1.29, 1.82) is 0 Å². The largest absolute Gasteiger partial charge is 4.00 e. The molecule has 4 heteroatoms. The molecule has 0 spiro atoms. The molecular weight excluding hydrogens is 418 g/mol. The Kier molecular flexibility index (Phi) is 15.5. The van der Waals surface area contributed by atoms with Crippen LogP contribution in [0, 0.1) is 6.08 Å². The second-order valence-electron chi connectivity index (χ2n) is 5.94. The zero-order chi connectivity index (χ0) is 15.2. The standard InChI is InChI=1S/C22H23.3ClH.Ti/c1-2-3-10-18-15-16-21(17-18)22(19-11-6-4-7-12-19)20-13-8-5-9-14-20;;;;/h4-9,11-15,22H,2-3,10,16H2,1H3;3*1H;/q-1;;;;+4/p-3. The van der Waals surface area contributed by atoms with Crippen LogP contribution in [0.1, 0.15) is 49.7 Å². The van der Waals surface area contributed by atoms with Gasteiger partial charge in [0.25, 0.3) is 0 Å². The predicted octanol–water partition coefficient (Wildman–Crippen LogP) is -2.92. The van der Waals surface area contributed by atoms with Crippen LogP contribution in [-0.4, -0.2) is 0 Å². The van der Waals surface area contributed by atoms with Gasteiger partial charge in [-0.05, 0) is 11.1 Å². The van der Waals surface area contributed by atoms with Gasteiger partial charge in [0.05, 0.1) is 0 Å². The second kappa shape index (κ2) is 14.5. The third kappa shape index (κ3) is 7.26. The summed E-state index contributed by atoms with van der Waals surface area (Å²) in [4.78, 5) is 0. The molecule has 1 aliphatic rings. The molecule has 0 heterocycles. The van der Waals surface area contributed by atoms with E-state index in [2.05, 4.69) is 79.7 Å². The molecule has 26 heavy (non-hydrogen) atoms. The molecule has 0 aliphatic heterocycles. The maximum atomic E-state index is 3.70. The van der Waals surface area contributed by atoms with Crippen molar-refractivity contribution in [3.05, 3.63) is 95.1 Å². The van der Waals surface area contributed by atoms with Crippen LogP contribution < -0.4 is 37.2 Å². The zero-order valence-electron chi connectivity index (χ0n) is 14.9. The molecular formula is C22H23Cl3Ti. The minimum Gasteiger partial charge on any atom is -1.00 e. The molecule has 0 aromatic heterocycles. The fourth-order valence-corrected chi connectivity index (χ4v) is 3.15. The van der Waals surface area contributed by atoms with E-state index in [0.717, 1.165) is 12.8 Å². The summed E-state index contributed by atoms with van der Waals surface area (Å²) in [7, 11) is 0. The van der Waals surface area contributed by atoms with Crippen LogP contribution in [0.5, 0.6) is 0 Å². The summed E-state index contributed by atoms with van der Waals surface area (Å²) in [6, 6.07) is 21.6.